The van der Waals surface area contributed by atoms with E-state index in [1.807, 2.05) is 42.5 Å². The van der Waals surface area contributed by atoms with Crippen LogP contribution in [0.3, 0.4) is 0 Å². The number of pyridine rings is 1. The first-order valence-electron chi connectivity index (χ1n) is 9.69. The van der Waals surface area contributed by atoms with Crippen molar-refractivity contribution in [2.24, 2.45) is 5.92 Å². The number of amides is 1. The van der Waals surface area contributed by atoms with E-state index in [-0.39, 0.29) is 5.91 Å². The van der Waals surface area contributed by atoms with Gasteiger partial charge in [0, 0.05) is 23.7 Å². The maximum atomic E-state index is 12.8. The molecule has 3 rings (SSSR count). The van der Waals surface area contributed by atoms with Crippen LogP contribution in [0.4, 0.5) is 11.5 Å². The summed E-state index contributed by atoms with van der Waals surface area (Å²) in [6.07, 6.45) is 0.936. The van der Waals surface area contributed by atoms with Gasteiger partial charge in [0.15, 0.2) is 11.5 Å². The summed E-state index contributed by atoms with van der Waals surface area (Å²) in [6.45, 7) is 4.92. The predicted molar refractivity (Wildman–Crippen MR) is 116 cm³/mol. The largest absolute Gasteiger partial charge is 0.493 e. The Morgan fingerprint density at radius 2 is 1.79 bits per heavy atom. The number of hydrogen-bond acceptors (Lipinski definition) is 5. The zero-order chi connectivity index (χ0) is 20.8. The predicted octanol–water partition coefficient (Wildman–Crippen LogP) is 4.77. The highest BCUT2D eigenvalue weighted by molar-refractivity contribution is 6.07. The molecule has 1 amide bonds. The van der Waals surface area contributed by atoms with E-state index < -0.39 is 0 Å². The number of benzene rings is 2. The van der Waals surface area contributed by atoms with E-state index >= 15 is 0 Å². The van der Waals surface area contributed by atoms with Crippen molar-refractivity contribution in [1.82, 2.24) is 10.3 Å². The zero-order valence-electron chi connectivity index (χ0n) is 17.3. The van der Waals surface area contributed by atoms with E-state index in [0.29, 0.717) is 35.3 Å². The first kappa shape index (κ1) is 20.5. The van der Waals surface area contributed by atoms with Crippen LogP contribution in [-0.2, 0) is 0 Å². The standard InChI is InChI=1S/C23H27N3O3/c1-15(2)11-12-24-23(27)18-14-22(26-19-8-6-5-7-17(18)19)25-16-9-10-20(28-3)21(13-16)29-4/h5-10,13-15H,11-12H2,1-4H3,(H,24,27)(H,25,26). The minimum atomic E-state index is -0.0976. The Balaban J connectivity index is 1.92. The van der Waals surface area contributed by atoms with Crippen LogP contribution in [0.15, 0.2) is 48.5 Å². The molecule has 0 radical (unpaired) electrons. The molecule has 2 N–H and O–H groups in total. The minimum absolute atomic E-state index is 0.0976. The molecule has 0 atom stereocenters. The molecule has 0 unspecified atom stereocenters. The van der Waals surface area contributed by atoms with Crippen molar-refractivity contribution in [3.05, 3.63) is 54.1 Å². The summed E-state index contributed by atoms with van der Waals surface area (Å²) in [4.78, 5) is 17.5. The van der Waals surface area contributed by atoms with Crippen molar-refractivity contribution in [3.63, 3.8) is 0 Å². The van der Waals surface area contributed by atoms with E-state index in [2.05, 4.69) is 29.5 Å². The molecule has 6 nitrogen and oxygen atoms in total. The van der Waals surface area contributed by atoms with Gasteiger partial charge in [0.25, 0.3) is 5.91 Å². The molecule has 0 saturated carbocycles. The molecule has 0 aliphatic rings. The first-order chi connectivity index (χ1) is 14.0. The SMILES string of the molecule is COc1ccc(Nc2cc(C(=O)NCCC(C)C)c3ccccc3n2)cc1OC. The van der Waals surface area contributed by atoms with Gasteiger partial charge in [-0.1, -0.05) is 32.0 Å². The Morgan fingerprint density at radius 3 is 2.52 bits per heavy atom. The number of rotatable bonds is 8. The molecule has 0 aliphatic carbocycles. The molecular weight excluding hydrogens is 366 g/mol. The third-order valence-corrected chi connectivity index (χ3v) is 4.62. The molecule has 1 aromatic heterocycles. The smallest absolute Gasteiger partial charge is 0.252 e. The lowest BCUT2D eigenvalue weighted by molar-refractivity contribution is 0.0953. The van der Waals surface area contributed by atoms with Crippen LogP contribution in [0.5, 0.6) is 11.5 Å². The molecule has 0 spiro atoms. The molecule has 0 fully saturated rings. The van der Waals surface area contributed by atoms with Crippen LogP contribution in [0.1, 0.15) is 30.6 Å². The van der Waals surface area contributed by atoms with Crippen LogP contribution in [0, 0.1) is 5.92 Å². The van der Waals surface area contributed by atoms with Crippen molar-refractivity contribution in [2.45, 2.75) is 20.3 Å². The average Bonchev–Trinajstić information content (AvgIpc) is 2.72. The molecule has 3 aromatic rings. The first-order valence-corrected chi connectivity index (χ1v) is 9.69. The Labute approximate surface area is 171 Å². The molecule has 152 valence electrons. The summed E-state index contributed by atoms with van der Waals surface area (Å²) in [5, 5.41) is 7.11. The Hall–Kier alpha value is -3.28. The number of anilines is 2. The van der Waals surface area contributed by atoms with Gasteiger partial charge in [-0.25, -0.2) is 4.98 Å². The second-order valence-electron chi connectivity index (χ2n) is 7.21. The molecular formula is C23H27N3O3. The van der Waals surface area contributed by atoms with Crippen LogP contribution < -0.4 is 20.1 Å². The Morgan fingerprint density at radius 1 is 1.03 bits per heavy atom. The van der Waals surface area contributed by atoms with Crippen molar-refractivity contribution in [1.29, 1.82) is 0 Å². The van der Waals surface area contributed by atoms with Gasteiger partial charge in [0.2, 0.25) is 0 Å². The number of aromatic nitrogens is 1. The highest BCUT2D eigenvalue weighted by Crippen LogP contribution is 2.31. The van der Waals surface area contributed by atoms with Crippen molar-refractivity contribution in [3.8, 4) is 11.5 Å². The normalized spacial score (nSPS) is 10.8. The fourth-order valence-electron chi connectivity index (χ4n) is 3.06. The van der Waals surface area contributed by atoms with Gasteiger partial charge in [-0.05, 0) is 36.6 Å². The number of carbonyl (C=O) groups excluding carboxylic acids is 1. The van der Waals surface area contributed by atoms with Gasteiger partial charge >= 0.3 is 0 Å². The van der Waals surface area contributed by atoms with Gasteiger partial charge in [-0.3, -0.25) is 4.79 Å². The Bertz CT molecular complexity index is 1000. The average molecular weight is 393 g/mol. The number of nitrogens with zero attached hydrogens (tertiary/aromatic N) is 1. The van der Waals surface area contributed by atoms with E-state index in [0.717, 1.165) is 23.0 Å². The molecule has 0 saturated heterocycles. The van der Waals surface area contributed by atoms with Gasteiger partial charge in [-0.15, -0.1) is 0 Å². The third kappa shape index (κ3) is 4.96. The Kier molecular flexibility index (Phi) is 6.54. The second kappa shape index (κ2) is 9.28. The van der Waals surface area contributed by atoms with Crippen molar-refractivity contribution < 1.29 is 14.3 Å². The fourth-order valence-corrected chi connectivity index (χ4v) is 3.06. The van der Waals surface area contributed by atoms with Gasteiger partial charge < -0.3 is 20.1 Å². The quantitative estimate of drug-likeness (QED) is 0.577. The molecule has 0 aliphatic heterocycles. The van der Waals surface area contributed by atoms with Crippen LogP contribution >= 0.6 is 0 Å². The number of ether oxygens (including phenoxy) is 2. The molecule has 2 aromatic carbocycles. The molecule has 1 heterocycles. The van der Waals surface area contributed by atoms with Gasteiger partial charge in [0.1, 0.15) is 5.82 Å². The highest BCUT2D eigenvalue weighted by atomic mass is 16.5. The van der Waals surface area contributed by atoms with E-state index in [9.17, 15) is 4.79 Å². The van der Waals surface area contributed by atoms with Crippen molar-refractivity contribution in [2.75, 3.05) is 26.1 Å². The third-order valence-electron chi connectivity index (χ3n) is 4.62. The summed E-state index contributed by atoms with van der Waals surface area (Å²) in [5.74, 6) is 2.29. The van der Waals surface area contributed by atoms with E-state index in [1.54, 1.807) is 20.3 Å². The number of hydrogen-bond donors (Lipinski definition) is 2. The van der Waals surface area contributed by atoms with Gasteiger partial charge in [0.05, 0.1) is 25.3 Å². The topological polar surface area (TPSA) is 72.5 Å². The maximum absolute atomic E-state index is 12.8. The lowest BCUT2D eigenvalue weighted by atomic mass is 10.1. The number of para-hydroxylation sites is 1. The second-order valence-corrected chi connectivity index (χ2v) is 7.21. The van der Waals surface area contributed by atoms with Crippen molar-refractivity contribution >= 4 is 28.3 Å². The van der Waals surface area contributed by atoms with Crippen LogP contribution in [-0.4, -0.2) is 31.7 Å². The van der Waals surface area contributed by atoms with Gasteiger partial charge in [-0.2, -0.15) is 0 Å². The zero-order valence-corrected chi connectivity index (χ0v) is 17.3. The number of nitrogens with one attached hydrogen (secondary N) is 2. The highest BCUT2D eigenvalue weighted by Gasteiger charge is 2.14. The lowest BCUT2D eigenvalue weighted by Crippen LogP contribution is -2.25. The minimum Gasteiger partial charge on any atom is -0.493 e. The van der Waals surface area contributed by atoms with Crippen LogP contribution in [0.25, 0.3) is 10.9 Å². The lowest BCUT2D eigenvalue weighted by Gasteiger charge is -2.14. The number of methoxy groups -OCH3 is 2. The summed E-state index contributed by atoms with van der Waals surface area (Å²) in [5.41, 5.74) is 2.14. The molecule has 0 bridgehead atoms. The maximum Gasteiger partial charge on any atom is 0.252 e. The fraction of sp³-hybridized carbons (Fsp3) is 0.304. The molecule has 29 heavy (non-hydrogen) atoms. The van der Waals surface area contributed by atoms with Crippen LogP contribution in [0.2, 0.25) is 0 Å². The summed E-state index contributed by atoms with van der Waals surface area (Å²) < 4.78 is 10.6. The summed E-state index contributed by atoms with van der Waals surface area (Å²) in [7, 11) is 3.19. The molecule has 6 heteroatoms. The van der Waals surface area contributed by atoms with E-state index in [4.69, 9.17) is 9.47 Å². The number of carbonyl (C=O) groups is 1. The summed E-state index contributed by atoms with van der Waals surface area (Å²) in [6, 6.07) is 15.0. The monoisotopic (exact) mass is 393 g/mol. The number of fused-ring (bicyclic) bond motifs is 1. The van der Waals surface area contributed by atoms with E-state index in [1.165, 1.54) is 0 Å². The summed E-state index contributed by atoms with van der Waals surface area (Å²) >= 11 is 0.